The quantitative estimate of drug-likeness (QED) is 0.230. The highest BCUT2D eigenvalue weighted by molar-refractivity contribution is 7.85. The molecule has 0 aliphatic heterocycles. The Balaban J connectivity index is 2.11. The van der Waals surface area contributed by atoms with E-state index in [1.807, 2.05) is 6.07 Å². The monoisotopic (exact) mass is 432 g/mol. The zero-order valence-electron chi connectivity index (χ0n) is 19.0. The molecule has 2 aromatic carbocycles. The molecular weight excluding hydrogens is 392 g/mol. The van der Waals surface area contributed by atoms with Gasteiger partial charge in [0.2, 0.25) is 0 Å². The Morgan fingerprint density at radius 2 is 1.27 bits per heavy atom. The van der Waals surface area contributed by atoms with Crippen molar-refractivity contribution in [1.82, 2.24) is 0 Å². The van der Waals surface area contributed by atoms with Crippen LogP contribution < -0.4 is 0 Å². The zero-order valence-corrected chi connectivity index (χ0v) is 19.8. The predicted octanol–water partition coefficient (Wildman–Crippen LogP) is 7.89. The van der Waals surface area contributed by atoms with Crippen molar-refractivity contribution >= 4 is 20.9 Å². The van der Waals surface area contributed by atoms with Crippen LogP contribution in [0.25, 0.3) is 10.8 Å². The molecule has 0 aromatic heterocycles. The van der Waals surface area contributed by atoms with Crippen LogP contribution in [0.1, 0.15) is 102 Å². The van der Waals surface area contributed by atoms with Crippen molar-refractivity contribution in [3.05, 3.63) is 41.5 Å². The molecule has 0 saturated carbocycles. The lowest BCUT2D eigenvalue weighted by Gasteiger charge is -2.11. The van der Waals surface area contributed by atoms with Gasteiger partial charge in [-0.25, -0.2) is 0 Å². The molecule has 0 saturated heterocycles. The van der Waals surface area contributed by atoms with Crippen LogP contribution in [0.4, 0.5) is 0 Å². The van der Waals surface area contributed by atoms with Crippen molar-refractivity contribution in [3.63, 3.8) is 0 Å². The molecule has 30 heavy (non-hydrogen) atoms. The summed E-state index contributed by atoms with van der Waals surface area (Å²) in [4.78, 5) is 0.0136. The van der Waals surface area contributed by atoms with Gasteiger partial charge < -0.3 is 0 Å². The van der Waals surface area contributed by atoms with Crippen LogP contribution in [0.2, 0.25) is 0 Å². The Morgan fingerprint density at radius 3 is 1.87 bits per heavy atom. The van der Waals surface area contributed by atoms with Gasteiger partial charge in [-0.2, -0.15) is 8.42 Å². The highest BCUT2D eigenvalue weighted by Crippen LogP contribution is 2.27. The molecule has 0 spiro atoms. The fraction of sp³-hybridized carbons (Fsp3) is 0.615. The van der Waals surface area contributed by atoms with Crippen LogP contribution in [0.15, 0.2) is 35.2 Å². The van der Waals surface area contributed by atoms with Gasteiger partial charge in [0.1, 0.15) is 0 Å². The topological polar surface area (TPSA) is 54.4 Å². The van der Waals surface area contributed by atoms with Gasteiger partial charge in [0.15, 0.2) is 0 Å². The van der Waals surface area contributed by atoms with E-state index in [-0.39, 0.29) is 4.90 Å². The first-order valence-corrected chi connectivity index (χ1v) is 13.4. The van der Waals surface area contributed by atoms with Crippen LogP contribution in [0.5, 0.6) is 0 Å². The molecule has 0 fully saturated rings. The number of rotatable bonds is 15. The van der Waals surface area contributed by atoms with Gasteiger partial charge in [0, 0.05) is 0 Å². The summed E-state index contributed by atoms with van der Waals surface area (Å²) in [5.74, 6) is 0. The lowest BCUT2D eigenvalue weighted by molar-refractivity contribution is 0.483. The first kappa shape index (κ1) is 24.9. The van der Waals surface area contributed by atoms with Gasteiger partial charge in [-0.1, -0.05) is 96.3 Å². The maximum Gasteiger partial charge on any atom is 0.294 e. The van der Waals surface area contributed by atoms with E-state index in [1.165, 1.54) is 69.8 Å². The van der Waals surface area contributed by atoms with Crippen LogP contribution in [0.3, 0.4) is 0 Å². The van der Waals surface area contributed by atoms with E-state index < -0.39 is 10.1 Å². The van der Waals surface area contributed by atoms with Gasteiger partial charge in [-0.15, -0.1) is 0 Å². The maximum atomic E-state index is 11.7. The second-order valence-corrected chi connectivity index (χ2v) is 10.1. The van der Waals surface area contributed by atoms with E-state index >= 15 is 0 Å². The minimum atomic E-state index is -4.19. The number of aryl methyl sites for hydroxylation is 2. The molecule has 4 heteroatoms. The van der Waals surface area contributed by atoms with Crippen LogP contribution in [-0.4, -0.2) is 13.0 Å². The molecule has 2 aromatic rings. The summed E-state index contributed by atoms with van der Waals surface area (Å²) in [6.07, 6.45) is 16.9. The smallest absolute Gasteiger partial charge is 0.282 e. The summed E-state index contributed by atoms with van der Waals surface area (Å²) in [5.41, 5.74) is 2.36. The standard InChI is InChI=1S/C26H40O3S/c1-3-5-7-9-11-13-15-22-17-18-24-21-25(30(27,28)29)20-23(26(24)19-22)16-14-12-10-8-6-4-2/h17-21H,3-16H2,1-2H3,(H,27,28,29). The largest absolute Gasteiger partial charge is 0.294 e. The molecule has 0 radical (unpaired) electrons. The lowest BCUT2D eigenvalue weighted by atomic mass is 9.96. The van der Waals surface area contributed by atoms with Crippen molar-refractivity contribution in [2.75, 3.05) is 0 Å². The van der Waals surface area contributed by atoms with Gasteiger partial charge in [-0.05, 0) is 59.7 Å². The Hall–Kier alpha value is -1.39. The first-order chi connectivity index (χ1) is 14.5. The molecular formula is C26H40O3S. The second-order valence-electron chi connectivity index (χ2n) is 8.65. The van der Waals surface area contributed by atoms with Crippen molar-refractivity contribution in [2.24, 2.45) is 0 Å². The minimum Gasteiger partial charge on any atom is -0.282 e. The van der Waals surface area contributed by atoms with E-state index in [0.29, 0.717) is 0 Å². The van der Waals surface area contributed by atoms with Crippen molar-refractivity contribution in [2.45, 2.75) is 109 Å². The number of benzene rings is 2. The summed E-state index contributed by atoms with van der Waals surface area (Å²) >= 11 is 0. The zero-order chi connectivity index (χ0) is 21.8. The number of hydrogen-bond acceptors (Lipinski definition) is 2. The molecule has 0 unspecified atom stereocenters. The van der Waals surface area contributed by atoms with Gasteiger partial charge in [-0.3, -0.25) is 4.55 Å². The Bertz CT molecular complexity index is 871. The van der Waals surface area contributed by atoms with Gasteiger partial charge in [0.05, 0.1) is 4.90 Å². The third-order valence-corrected chi connectivity index (χ3v) is 6.83. The fourth-order valence-electron chi connectivity index (χ4n) is 4.17. The number of fused-ring (bicyclic) bond motifs is 1. The summed E-state index contributed by atoms with van der Waals surface area (Å²) in [5, 5.41) is 2.04. The van der Waals surface area contributed by atoms with Gasteiger partial charge >= 0.3 is 0 Å². The molecule has 1 N–H and O–H groups in total. The molecule has 3 nitrogen and oxygen atoms in total. The Labute approximate surface area is 184 Å². The van der Waals surface area contributed by atoms with E-state index in [9.17, 15) is 13.0 Å². The summed E-state index contributed by atoms with van der Waals surface area (Å²) in [6.45, 7) is 4.46. The average molecular weight is 433 g/mol. The summed E-state index contributed by atoms with van der Waals surface area (Å²) in [6, 6.07) is 9.64. The fourth-order valence-corrected chi connectivity index (χ4v) is 4.74. The molecule has 2 rings (SSSR count). The minimum absolute atomic E-state index is 0.0136. The molecule has 0 heterocycles. The molecule has 0 aliphatic carbocycles. The van der Waals surface area contributed by atoms with Crippen molar-refractivity contribution in [1.29, 1.82) is 0 Å². The van der Waals surface area contributed by atoms with Crippen LogP contribution >= 0.6 is 0 Å². The highest BCUT2D eigenvalue weighted by atomic mass is 32.2. The summed E-state index contributed by atoms with van der Waals surface area (Å²) < 4.78 is 33.1. The Morgan fingerprint density at radius 1 is 0.700 bits per heavy atom. The first-order valence-electron chi connectivity index (χ1n) is 12.0. The molecule has 0 bridgehead atoms. The number of hydrogen-bond donors (Lipinski definition) is 1. The second kappa shape index (κ2) is 13.1. The normalized spacial score (nSPS) is 12.0. The molecule has 168 valence electrons. The van der Waals surface area contributed by atoms with E-state index in [0.717, 1.165) is 42.0 Å². The molecule has 0 atom stereocenters. The van der Waals surface area contributed by atoms with Crippen molar-refractivity contribution < 1.29 is 13.0 Å². The molecule has 0 aliphatic rings. The van der Waals surface area contributed by atoms with E-state index in [1.54, 1.807) is 12.1 Å². The number of unbranched alkanes of at least 4 members (excludes halogenated alkanes) is 10. The summed E-state index contributed by atoms with van der Waals surface area (Å²) in [7, 11) is -4.19. The maximum absolute atomic E-state index is 11.7. The van der Waals surface area contributed by atoms with E-state index in [2.05, 4.69) is 26.0 Å². The third kappa shape index (κ3) is 8.39. The molecule has 0 amide bonds. The van der Waals surface area contributed by atoms with Crippen LogP contribution in [0, 0.1) is 0 Å². The average Bonchev–Trinajstić information content (AvgIpc) is 2.72. The Kier molecular flexibility index (Phi) is 10.9. The highest BCUT2D eigenvalue weighted by Gasteiger charge is 2.14. The lowest BCUT2D eigenvalue weighted by Crippen LogP contribution is -2.01. The van der Waals surface area contributed by atoms with Crippen molar-refractivity contribution in [3.8, 4) is 0 Å². The predicted molar refractivity (Wildman–Crippen MR) is 128 cm³/mol. The SMILES string of the molecule is CCCCCCCCc1ccc2cc(S(=O)(=O)O)cc(CCCCCCCC)c2c1. The van der Waals surface area contributed by atoms with Gasteiger partial charge in [0.25, 0.3) is 10.1 Å². The third-order valence-electron chi connectivity index (χ3n) is 5.99. The van der Waals surface area contributed by atoms with E-state index in [4.69, 9.17) is 0 Å². The van der Waals surface area contributed by atoms with Crippen LogP contribution in [-0.2, 0) is 23.0 Å².